The highest BCUT2D eigenvalue weighted by molar-refractivity contribution is 6.35. The molecule has 0 saturated heterocycles. The predicted octanol–water partition coefficient (Wildman–Crippen LogP) is 4.36. The van der Waals surface area contributed by atoms with Gasteiger partial charge in [0.1, 0.15) is 0 Å². The van der Waals surface area contributed by atoms with Gasteiger partial charge in [-0.25, -0.2) is 4.98 Å². The van der Waals surface area contributed by atoms with Crippen LogP contribution in [0.1, 0.15) is 19.4 Å². The Morgan fingerprint density at radius 2 is 1.80 bits per heavy atom. The van der Waals surface area contributed by atoms with Gasteiger partial charge in [0.15, 0.2) is 11.8 Å². The van der Waals surface area contributed by atoms with Gasteiger partial charge in [-0.15, -0.1) is 0 Å². The maximum absolute atomic E-state index is 9.04. The van der Waals surface area contributed by atoms with Crippen LogP contribution >= 0.6 is 11.6 Å². The molecule has 5 nitrogen and oxygen atoms in total. The van der Waals surface area contributed by atoms with E-state index >= 15 is 0 Å². The third-order valence-corrected chi connectivity index (χ3v) is 3.68. The van der Waals surface area contributed by atoms with Crippen molar-refractivity contribution in [3.63, 3.8) is 0 Å². The lowest BCUT2D eigenvalue weighted by molar-refractivity contribution is 1.28. The molecule has 0 spiro atoms. The quantitative estimate of drug-likeness (QED) is 0.529. The Morgan fingerprint density at radius 3 is 2.48 bits per heavy atom. The molecule has 25 heavy (non-hydrogen) atoms. The average Bonchev–Trinajstić information content (AvgIpc) is 2.65. The molecule has 126 valence electrons. The highest BCUT2D eigenvalue weighted by Gasteiger charge is 2.08. The van der Waals surface area contributed by atoms with Gasteiger partial charge >= 0.3 is 0 Å². The second kappa shape index (κ2) is 8.13. The van der Waals surface area contributed by atoms with Gasteiger partial charge in [-0.2, -0.15) is 10.3 Å². The smallest absolute Gasteiger partial charge is 0.192 e. The van der Waals surface area contributed by atoms with Crippen LogP contribution in [0.2, 0.25) is 5.02 Å². The summed E-state index contributed by atoms with van der Waals surface area (Å²) in [7, 11) is 0. The summed E-state index contributed by atoms with van der Waals surface area (Å²) in [4.78, 5) is 8.23. The summed E-state index contributed by atoms with van der Waals surface area (Å²) in [6.07, 6.45) is 1.52. The molecule has 4 N–H and O–H groups in total. The SMILES string of the molecule is CC.N#Cc1cccc(-c2ccc3c(Cl)cnc(N=C(N)N)c3c2)c1. The van der Waals surface area contributed by atoms with Gasteiger partial charge < -0.3 is 11.5 Å². The molecule has 0 radical (unpaired) electrons. The molecular formula is C19H18ClN5. The summed E-state index contributed by atoms with van der Waals surface area (Å²) in [5.74, 6) is 0.334. The third-order valence-electron chi connectivity index (χ3n) is 3.38. The van der Waals surface area contributed by atoms with E-state index in [1.165, 1.54) is 6.20 Å². The zero-order valence-electron chi connectivity index (χ0n) is 14.0. The van der Waals surface area contributed by atoms with Crippen molar-refractivity contribution < 1.29 is 0 Å². The summed E-state index contributed by atoms with van der Waals surface area (Å²) in [6.45, 7) is 4.00. The fourth-order valence-electron chi connectivity index (χ4n) is 2.35. The van der Waals surface area contributed by atoms with Crippen LogP contribution in [0.15, 0.2) is 53.7 Å². The van der Waals surface area contributed by atoms with Crippen LogP contribution in [0.25, 0.3) is 21.9 Å². The summed E-state index contributed by atoms with van der Waals surface area (Å²) in [6, 6.07) is 15.2. The van der Waals surface area contributed by atoms with E-state index in [1.807, 2.05) is 50.2 Å². The van der Waals surface area contributed by atoms with Crippen molar-refractivity contribution in [2.45, 2.75) is 13.8 Å². The standard InChI is InChI=1S/C17H12ClN5.C2H6/c18-15-9-22-16(23-17(20)21)14-7-12(4-5-13(14)15)11-3-1-2-10(6-11)8-19;1-2/h1-7,9H,(H4,20,21,22,23);1-2H3. The minimum absolute atomic E-state index is 0.0713. The number of nitriles is 1. The Hall–Kier alpha value is -3.10. The van der Waals surface area contributed by atoms with Gasteiger partial charge in [-0.3, -0.25) is 0 Å². The highest BCUT2D eigenvalue weighted by atomic mass is 35.5. The first-order valence-electron chi connectivity index (χ1n) is 7.77. The fraction of sp³-hybridized carbons (Fsp3) is 0.105. The molecule has 0 saturated carbocycles. The zero-order chi connectivity index (χ0) is 18.4. The van der Waals surface area contributed by atoms with Crippen LogP contribution in [0.4, 0.5) is 5.82 Å². The predicted molar refractivity (Wildman–Crippen MR) is 104 cm³/mol. The summed E-state index contributed by atoms with van der Waals surface area (Å²) >= 11 is 6.20. The molecule has 0 bridgehead atoms. The molecule has 0 aliphatic carbocycles. The van der Waals surface area contributed by atoms with E-state index in [4.69, 9.17) is 28.3 Å². The van der Waals surface area contributed by atoms with E-state index in [0.29, 0.717) is 16.4 Å². The molecule has 0 aliphatic rings. The van der Waals surface area contributed by atoms with E-state index in [-0.39, 0.29) is 5.96 Å². The Balaban J connectivity index is 0.00000109. The van der Waals surface area contributed by atoms with E-state index in [2.05, 4.69) is 16.0 Å². The van der Waals surface area contributed by atoms with Crippen LogP contribution in [-0.2, 0) is 0 Å². The lowest BCUT2D eigenvalue weighted by atomic mass is 10.0. The highest BCUT2D eigenvalue weighted by Crippen LogP contribution is 2.33. The number of fused-ring (bicyclic) bond motifs is 1. The second-order valence-electron chi connectivity index (χ2n) is 4.92. The van der Waals surface area contributed by atoms with Crippen molar-refractivity contribution in [2.75, 3.05) is 0 Å². The Kier molecular flexibility index (Phi) is 5.93. The van der Waals surface area contributed by atoms with Crippen LogP contribution < -0.4 is 11.5 Å². The van der Waals surface area contributed by atoms with E-state index < -0.39 is 0 Å². The maximum Gasteiger partial charge on any atom is 0.192 e. The number of nitrogens with zero attached hydrogens (tertiary/aromatic N) is 3. The maximum atomic E-state index is 9.04. The number of rotatable bonds is 2. The first kappa shape index (κ1) is 18.2. The molecule has 3 rings (SSSR count). The first-order valence-corrected chi connectivity index (χ1v) is 8.14. The molecule has 0 amide bonds. The molecular weight excluding hydrogens is 334 g/mol. The first-order chi connectivity index (χ1) is 12.1. The monoisotopic (exact) mass is 351 g/mol. The average molecular weight is 352 g/mol. The van der Waals surface area contributed by atoms with E-state index in [9.17, 15) is 0 Å². The molecule has 6 heteroatoms. The molecule has 1 aromatic heterocycles. The molecule has 0 aliphatic heterocycles. The van der Waals surface area contributed by atoms with Crippen molar-refractivity contribution in [1.82, 2.24) is 4.98 Å². The number of guanidine groups is 1. The van der Waals surface area contributed by atoms with Crippen LogP contribution in [0.3, 0.4) is 0 Å². The van der Waals surface area contributed by atoms with E-state index in [0.717, 1.165) is 21.9 Å². The van der Waals surface area contributed by atoms with Crippen LogP contribution in [0, 0.1) is 11.3 Å². The Bertz CT molecular complexity index is 969. The lowest BCUT2D eigenvalue weighted by Crippen LogP contribution is -2.22. The van der Waals surface area contributed by atoms with Crippen molar-refractivity contribution >= 4 is 34.2 Å². The third kappa shape index (κ3) is 4.06. The number of hydrogen-bond acceptors (Lipinski definition) is 3. The van der Waals surface area contributed by atoms with Crippen molar-refractivity contribution in [2.24, 2.45) is 16.5 Å². The van der Waals surface area contributed by atoms with E-state index in [1.54, 1.807) is 6.07 Å². The number of aromatic nitrogens is 1. The fourth-order valence-corrected chi connectivity index (χ4v) is 2.57. The summed E-state index contributed by atoms with van der Waals surface area (Å²) < 4.78 is 0. The number of nitrogens with two attached hydrogens (primary N) is 2. The lowest BCUT2D eigenvalue weighted by Gasteiger charge is -2.08. The Morgan fingerprint density at radius 1 is 1.08 bits per heavy atom. The molecule has 0 unspecified atom stereocenters. The van der Waals surface area contributed by atoms with Gasteiger partial charge in [-0.1, -0.05) is 49.7 Å². The number of hydrogen-bond donors (Lipinski definition) is 2. The Labute approximate surface area is 151 Å². The van der Waals surface area contributed by atoms with Gasteiger partial charge in [0.25, 0.3) is 0 Å². The molecule has 2 aromatic carbocycles. The van der Waals surface area contributed by atoms with Gasteiger partial charge in [-0.05, 0) is 29.3 Å². The van der Waals surface area contributed by atoms with Gasteiger partial charge in [0.2, 0.25) is 0 Å². The number of pyridine rings is 1. The normalized spacial score (nSPS) is 9.68. The van der Waals surface area contributed by atoms with Crippen molar-refractivity contribution in [3.05, 3.63) is 59.2 Å². The minimum atomic E-state index is -0.0713. The topological polar surface area (TPSA) is 101 Å². The number of halogens is 1. The van der Waals surface area contributed by atoms with Crippen molar-refractivity contribution in [3.8, 4) is 17.2 Å². The minimum Gasteiger partial charge on any atom is -0.370 e. The molecule has 0 atom stereocenters. The largest absolute Gasteiger partial charge is 0.370 e. The second-order valence-corrected chi connectivity index (χ2v) is 5.33. The van der Waals surface area contributed by atoms with Gasteiger partial charge in [0, 0.05) is 17.0 Å². The summed E-state index contributed by atoms with van der Waals surface area (Å²) in [5, 5.41) is 11.1. The van der Waals surface area contributed by atoms with Crippen LogP contribution in [0.5, 0.6) is 0 Å². The zero-order valence-corrected chi connectivity index (χ0v) is 14.7. The molecule has 0 fully saturated rings. The number of aliphatic imine (C=N–C) groups is 1. The number of benzene rings is 2. The summed E-state index contributed by atoms with van der Waals surface area (Å²) in [5.41, 5.74) is 13.4. The van der Waals surface area contributed by atoms with Crippen LogP contribution in [-0.4, -0.2) is 10.9 Å². The molecule has 1 heterocycles. The van der Waals surface area contributed by atoms with Crippen molar-refractivity contribution in [1.29, 1.82) is 5.26 Å². The van der Waals surface area contributed by atoms with Gasteiger partial charge in [0.05, 0.1) is 16.7 Å². The molecule has 3 aromatic rings.